The molecule has 0 atom stereocenters. The van der Waals surface area contributed by atoms with Crippen LogP contribution in [0.1, 0.15) is 42.4 Å². The van der Waals surface area contributed by atoms with Crippen LogP contribution in [0.4, 0.5) is 43.4 Å². The number of pyridine rings is 1. The van der Waals surface area contributed by atoms with Gasteiger partial charge in [-0.05, 0) is 55.5 Å². The summed E-state index contributed by atoms with van der Waals surface area (Å²) >= 11 is 0. The van der Waals surface area contributed by atoms with E-state index in [1.54, 1.807) is 12.4 Å². The van der Waals surface area contributed by atoms with Crippen LogP contribution >= 0.6 is 0 Å². The minimum Gasteiger partial charge on any atom is -0.489 e. The Hall–Kier alpha value is -4.33. The molecular formula is C32H33F6N5O3. The number of anilines is 2. The van der Waals surface area contributed by atoms with Crippen LogP contribution in [0.15, 0.2) is 67.0 Å². The van der Waals surface area contributed by atoms with E-state index < -0.39 is 34.1 Å². The van der Waals surface area contributed by atoms with Gasteiger partial charge in [-0.3, -0.25) is 20.0 Å². The highest BCUT2D eigenvalue weighted by Gasteiger charge is 2.38. The zero-order valence-electron chi connectivity index (χ0n) is 24.7. The average molecular weight is 650 g/mol. The molecule has 3 aromatic rings. The summed E-state index contributed by atoms with van der Waals surface area (Å²) in [6.07, 6.45) is 0.629. The molecule has 2 fully saturated rings. The van der Waals surface area contributed by atoms with E-state index in [2.05, 4.69) is 20.1 Å². The van der Waals surface area contributed by atoms with Crippen molar-refractivity contribution in [2.45, 2.75) is 50.2 Å². The molecule has 46 heavy (non-hydrogen) atoms. The van der Waals surface area contributed by atoms with Gasteiger partial charge in [-0.25, -0.2) is 0 Å². The van der Waals surface area contributed by atoms with Crippen molar-refractivity contribution in [3.05, 3.63) is 93.8 Å². The molecule has 2 heterocycles. The summed E-state index contributed by atoms with van der Waals surface area (Å²) in [5.41, 5.74) is -1.08. The van der Waals surface area contributed by atoms with Crippen molar-refractivity contribution in [1.82, 2.24) is 9.88 Å². The Balaban J connectivity index is 1.07. The fourth-order valence-corrected chi connectivity index (χ4v) is 5.72. The third-order valence-corrected chi connectivity index (χ3v) is 8.19. The normalized spacial score (nSPS) is 19.7. The molecule has 0 unspecified atom stereocenters. The summed E-state index contributed by atoms with van der Waals surface area (Å²) in [6, 6.07) is 9.90. The molecule has 0 bridgehead atoms. The molecule has 1 aliphatic carbocycles. The van der Waals surface area contributed by atoms with Crippen molar-refractivity contribution in [2.24, 2.45) is 0 Å². The molecule has 0 spiro atoms. The Morgan fingerprint density at radius 3 is 2.24 bits per heavy atom. The van der Waals surface area contributed by atoms with Crippen LogP contribution in [-0.4, -0.2) is 59.7 Å². The summed E-state index contributed by atoms with van der Waals surface area (Å²) in [7, 11) is 0. The maximum atomic E-state index is 13.3. The third-order valence-electron chi connectivity index (χ3n) is 8.19. The quantitative estimate of drug-likeness (QED) is 0.145. The molecule has 8 nitrogen and oxygen atoms in total. The first-order valence-corrected chi connectivity index (χ1v) is 14.9. The molecule has 5 rings (SSSR count). The van der Waals surface area contributed by atoms with Crippen LogP contribution in [0.5, 0.6) is 5.75 Å². The van der Waals surface area contributed by atoms with E-state index in [1.807, 2.05) is 18.2 Å². The van der Waals surface area contributed by atoms with Crippen molar-refractivity contribution < 1.29 is 36.0 Å². The van der Waals surface area contributed by atoms with Crippen LogP contribution in [0.3, 0.4) is 0 Å². The van der Waals surface area contributed by atoms with E-state index in [1.165, 1.54) is 18.2 Å². The lowest BCUT2D eigenvalue weighted by atomic mass is 9.92. The molecule has 0 radical (unpaired) electrons. The van der Waals surface area contributed by atoms with Gasteiger partial charge < -0.3 is 15.0 Å². The van der Waals surface area contributed by atoms with Gasteiger partial charge >= 0.3 is 12.4 Å². The molecule has 1 saturated carbocycles. The summed E-state index contributed by atoms with van der Waals surface area (Å²) in [4.78, 5) is 18.8. The van der Waals surface area contributed by atoms with Crippen LogP contribution < -0.4 is 15.0 Å². The Labute approximate surface area is 261 Å². The number of nitro groups is 1. The predicted molar refractivity (Wildman–Crippen MR) is 162 cm³/mol. The summed E-state index contributed by atoms with van der Waals surface area (Å²) < 4.78 is 84.5. The summed E-state index contributed by atoms with van der Waals surface area (Å²) in [6.45, 7) is 3.84. The molecule has 1 aromatic heterocycles. The molecule has 14 heteroatoms. The number of nitrogens with one attached hydrogen (secondary N) is 1. The van der Waals surface area contributed by atoms with Gasteiger partial charge in [0, 0.05) is 56.6 Å². The number of ether oxygens (including phenoxy) is 1. The topological polar surface area (TPSA) is 83.8 Å². The molecule has 246 valence electrons. The standard InChI is InChI=1S/C32H33F6N5O3/c33-31(34,35)23-5-3-22(4-6-23)2-1-13-41-14-16-42(17-15-41)26-19-28(21-39-20-26)46-27-10-7-24(8-11-27)40-25-9-12-30(43(44)45)29(18-25)32(36,37)38/h1-6,9,12,18-21,24,27,40H,7-8,10-11,13-17H2/b2-1+. The second-order valence-corrected chi connectivity index (χ2v) is 11.4. The lowest BCUT2D eigenvalue weighted by Gasteiger charge is -2.35. The van der Waals surface area contributed by atoms with Crippen molar-refractivity contribution in [3.8, 4) is 5.75 Å². The minimum absolute atomic E-state index is 0.0778. The first kappa shape index (κ1) is 33.0. The lowest BCUT2D eigenvalue weighted by Crippen LogP contribution is -2.46. The second-order valence-electron chi connectivity index (χ2n) is 11.4. The summed E-state index contributed by atoms with van der Waals surface area (Å²) in [5.74, 6) is 0.640. The molecule has 0 amide bonds. The van der Waals surface area contributed by atoms with E-state index in [0.717, 1.165) is 56.1 Å². The molecule has 1 aliphatic heterocycles. The Morgan fingerprint density at radius 1 is 0.913 bits per heavy atom. The Morgan fingerprint density at radius 2 is 1.61 bits per heavy atom. The number of rotatable bonds is 9. The van der Waals surface area contributed by atoms with Gasteiger partial charge in [0.1, 0.15) is 11.3 Å². The van der Waals surface area contributed by atoms with Gasteiger partial charge in [-0.15, -0.1) is 0 Å². The summed E-state index contributed by atoms with van der Waals surface area (Å²) in [5, 5.41) is 14.1. The number of hydrogen-bond donors (Lipinski definition) is 1. The number of piperazine rings is 1. The SMILES string of the molecule is O=[N+]([O-])c1ccc(NC2CCC(Oc3cncc(N4CCN(C/C=C/c5ccc(C(F)(F)F)cc5)CC4)c3)CC2)cc1C(F)(F)F. The highest BCUT2D eigenvalue weighted by atomic mass is 19.4. The van der Waals surface area contributed by atoms with Gasteiger partial charge in [0.25, 0.3) is 5.69 Å². The van der Waals surface area contributed by atoms with E-state index in [-0.39, 0.29) is 17.8 Å². The number of halogens is 6. The first-order valence-electron chi connectivity index (χ1n) is 14.9. The van der Waals surface area contributed by atoms with Crippen LogP contribution in [-0.2, 0) is 12.4 Å². The first-order chi connectivity index (χ1) is 21.8. The van der Waals surface area contributed by atoms with Crippen molar-refractivity contribution in [2.75, 3.05) is 42.9 Å². The fourth-order valence-electron chi connectivity index (χ4n) is 5.72. The maximum absolute atomic E-state index is 13.3. The number of nitrogens with zero attached hydrogens (tertiary/aromatic N) is 4. The highest BCUT2D eigenvalue weighted by molar-refractivity contribution is 5.56. The largest absolute Gasteiger partial charge is 0.489 e. The monoisotopic (exact) mass is 649 g/mol. The molecular weight excluding hydrogens is 616 g/mol. The smallest absolute Gasteiger partial charge is 0.423 e. The van der Waals surface area contributed by atoms with E-state index in [0.29, 0.717) is 43.5 Å². The molecule has 2 aromatic carbocycles. The number of hydrogen-bond acceptors (Lipinski definition) is 7. The number of alkyl halides is 6. The number of aromatic nitrogens is 1. The van der Waals surface area contributed by atoms with Crippen molar-refractivity contribution in [3.63, 3.8) is 0 Å². The Bertz CT molecular complexity index is 1510. The van der Waals surface area contributed by atoms with E-state index >= 15 is 0 Å². The van der Waals surface area contributed by atoms with Gasteiger partial charge in [0.15, 0.2) is 0 Å². The highest BCUT2D eigenvalue weighted by Crippen LogP contribution is 2.38. The van der Waals surface area contributed by atoms with Gasteiger partial charge in [0.2, 0.25) is 0 Å². The minimum atomic E-state index is -4.83. The number of nitro benzene ring substituents is 1. The molecule has 2 aliphatic rings. The van der Waals surface area contributed by atoms with Crippen LogP contribution in [0, 0.1) is 10.1 Å². The van der Waals surface area contributed by atoms with Crippen LogP contribution in [0.2, 0.25) is 0 Å². The average Bonchev–Trinajstić information content (AvgIpc) is 3.02. The zero-order valence-corrected chi connectivity index (χ0v) is 24.7. The fraction of sp³-hybridized carbons (Fsp3) is 0.406. The van der Waals surface area contributed by atoms with Crippen molar-refractivity contribution in [1.29, 1.82) is 0 Å². The predicted octanol–water partition coefficient (Wildman–Crippen LogP) is 7.66. The number of benzene rings is 2. The van der Waals surface area contributed by atoms with Crippen LogP contribution in [0.25, 0.3) is 6.08 Å². The molecule has 1 saturated heterocycles. The Kier molecular flexibility index (Phi) is 10.0. The third kappa shape index (κ3) is 8.68. The van der Waals surface area contributed by atoms with Gasteiger partial charge in [0.05, 0.1) is 34.7 Å². The zero-order chi connectivity index (χ0) is 32.9. The maximum Gasteiger partial charge on any atom is 0.423 e. The molecule has 1 N–H and O–H groups in total. The van der Waals surface area contributed by atoms with Gasteiger partial charge in [-0.2, -0.15) is 26.3 Å². The van der Waals surface area contributed by atoms with E-state index in [4.69, 9.17) is 4.74 Å². The van der Waals surface area contributed by atoms with Crippen molar-refractivity contribution >= 4 is 23.1 Å². The van der Waals surface area contributed by atoms with E-state index in [9.17, 15) is 36.5 Å². The lowest BCUT2D eigenvalue weighted by molar-refractivity contribution is -0.388. The second kappa shape index (κ2) is 14.0. The van der Waals surface area contributed by atoms with Gasteiger partial charge in [-0.1, -0.05) is 24.3 Å².